The van der Waals surface area contributed by atoms with Crippen LogP contribution in [0.2, 0.25) is 10.0 Å². The number of ketones is 1. The minimum absolute atomic E-state index is 0.0181. The number of carbonyl (C=O) groups excluding carboxylic acids is 2. The Kier molecular flexibility index (Phi) is 7.89. The molecule has 176 valence electrons. The Bertz CT molecular complexity index is 1100. The first-order chi connectivity index (χ1) is 15.7. The fourth-order valence-corrected chi connectivity index (χ4v) is 4.14. The number of rotatable bonds is 8. The van der Waals surface area contributed by atoms with E-state index in [0.29, 0.717) is 45.6 Å². The van der Waals surface area contributed by atoms with Crippen molar-refractivity contribution in [1.82, 2.24) is 9.80 Å². The van der Waals surface area contributed by atoms with Crippen molar-refractivity contribution in [3.8, 4) is 11.5 Å². The van der Waals surface area contributed by atoms with E-state index >= 15 is 0 Å². The number of aliphatic hydroxyl groups excluding tert-OH is 1. The number of amides is 1. The second-order valence-electron chi connectivity index (χ2n) is 7.89. The Labute approximate surface area is 203 Å². The summed E-state index contributed by atoms with van der Waals surface area (Å²) in [5.74, 6) is -0.886. The average molecular weight is 493 g/mol. The summed E-state index contributed by atoms with van der Waals surface area (Å²) in [6.07, 6.45) is 0.647. The predicted molar refractivity (Wildman–Crippen MR) is 128 cm³/mol. The van der Waals surface area contributed by atoms with Gasteiger partial charge in [-0.05, 0) is 63.0 Å². The summed E-state index contributed by atoms with van der Waals surface area (Å²) in [7, 11) is 6.84. The van der Waals surface area contributed by atoms with E-state index in [4.69, 9.17) is 32.7 Å². The van der Waals surface area contributed by atoms with Crippen molar-refractivity contribution in [3.05, 3.63) is 63.1 Å². The van der Waals surface area contributed by atoms with Gasteiger partial charge in [0.15, 0.2) is 11.5 Å². The molecular formula is C24H26Cl2N2O5. The van der Waals surface area contributed by atoms with Crippen LogP contribution in [-0.2, 0) is 9.59 Å². The van der Waals surface area contributed by atoms with Crippen LogP contribution in [0.3, 0.4) is 0 Å². The summed E-state index contributed by atoms with van der Waals surface area (Å²) in [4.78, 5) is 29.6. The van der Waals surface area contributed by atoms with Gasteiger partial charge in [0.05, 0.1) is 35.9 Å². The third kappa shape index (κ3) is 5.11. The summed E-state index contributed by atoms with van der Waals surface area (Å²) in [5, 5.41) is 11.8. The van der Waals surface area contributed by atoms with E-state index in [-0.39, 0.29) is 11.3 Å². The summed E-state index contributed by atoms with van der Waals surface area (Å²) in [6.45, 7) is 1.06. The van der Waals surface area contributed by atoms with Gasteiger partial charge in [-0.3, -0.25) is 9.59 Å². The van der Waals surface area contributed by atoms with Crippen LogP contribution in [0.15, 0.2) is 42.0 Å². The van der Waals surface area contributed by atoms with Crippen molar-refractivity contribution < 1.29 is 24.2 Å². The lowest BCUT2D eigenvalue weighted by molar-refractivity contribution is -0.139. The van der Waals surface area contributed by atoms with Gasteiger partial charge in [-0.2, -0.15) is 0 Å². The highest BCUT2D eigenvalue weighted by Gasteiger charge is 2.46. The summed E-state index contributed by atoms with van der Waals surface area (Å²) in [6, 6.07) is 8.88. The maximum Gasteiger partial charge on any atom is 0.295 e. The maximum atomic E-state index is 13.1. The molecule has 9 heteroatoms. The van der Waals surface area contributed by atoms with Crippen molar-refractivity contribution in [2.75, 3.05) is 41.4 Å². The Morgan fingerprint density at radius 2 is 1.73 bits per heavy atom. The van der Waals surface area contributed by atoms with Crippen LogP contribution in [0.4, 0.5) is 0 Å². The lowest BCUT2D eigenvalue weighted by Gasteiger charge is -2.26. The molecule has 33 heavy (non-hydrogen) atoms. The van der Waals surface area contributed by atoms with Crippen molar-refractivity contribution in [2.45, 2.75) is 12.5 Å². The van der Waals surface area contributed by atoms with Gasteiger partial charge in [-0.15, -0.1) is 0 Å². The van der Waals surface area contributed by atoms with Crippen LogP contribution in [0, 0.1) is 0 Å². The Morgan fingerprint density at radius 3 is 2.33 bits per heavy atom. The van der Waals surface area contributed by atoms with Crippen LogP contribution in [0.5, 0.6) is 11.5 Å². The second kappa shape index (κ2) is 10.5. The number of methoxy groups -OCH3 is 2. The van der Waals surface area contributed by atoms with Gasteiger partial charge in [0.25, 0.3) is 11.7 Å². The predicted octanol–water partition coefficient (Wildman–Crippen LogP) is 4.38. The molecule has 1 aliphatic rings. The number of benzene rings is 2. The highest BCUT2D eigenvalue weighted by atomic mass is 35.5. The molecule has 2 aromatic rings. The molecule has 3 rings (SSSR count). The fourth-order valence-electron chi connectivity index (χ4n) is 3.84. The number of hydrogen-bond acceptors (Lipinski definition) is 6. The molecule has 7 nitrogen and oxygen atoms in total. The van der Waals surface area contributed by atoms with Crippen LogP contribution in [-0.4, -0.2) is 68.0 Å². The topological polar surface area (TPSA) is 79.3 Å². The minimum Gasteiger partial charge on any atom is -0.507 e. The molecule has 0 saturated carbocycles. The van der Waals surface area contributed by atoms with Crippen LogP contribution >= 0.6 is 23.2 Å². The Balaban J connectivity index is 2.14. The molecule has 1 amide bonds. The normalized spacial score (nSPS) is 17.7. The molecule has 1 fully saturated rings. The van der Waals surface area contributed by atoms with Gasteiger partial charge in [-0.25, -0.2) is 0 Å². The van der Waals surface area contributed by atoms with Crippen molar-refractivity contribution in [1.29, 1.82) is 0 Å². The van der Waals surface area contributed by atoms with Crippen LogP contribution < -0.4 is 9.47 Å². The third-order valence-electron chi connectivity index (χ3n) is 5.46. The van der Waals surface area contributed by atoms with Gasteiger partial charge < -0.3 is 24.4 Å². The number of hydrogen-bond donors (Lipinski definition) is 1. The first kappa shape index (κ1) is 24.9. The number of carbonyl (C=O) groups is 2. The number of halogens is 2. The van der Waals surface area contributed by atoms with Gasteiger partial charge >= 0.3 is 0 Å². The van der Waals surface area contributed by atoms with Crippen LogP contribution in [0.25, 0.3) is 5.76 Å². The van der Waals surface area contributed by atoms with E-state index in [0.717, 1.165) is 6.54 Å². The zero-order chi connectivity index (χ0) is 24.3. The summed E-state index contributed by atoms with van der Waals surface area (Å²) in [5.41, 5.74) is 0.884. The summed E-state index contributed by atoms with van der Waals surface area (Å²) < 4.78 is 10.6. The Hall–Kier alpha value is -2.74. The Morgan fingerprint density at radius 1 is 1.03 bits per heavy atom. The molecule has 1 aliphatic heterocycles. The first-order valence-corrected chi connectivity index (χ1v) is 11.1. The van der Waals surface area contributed by atoms with Gasteiger partial charge in [-0.1, -0.05) is 29.3 Å². The largest absolute Gasteiger partial charge is 0.507 e. The van der Waals surface area contributed by atoms with Crippen molar-refractivity contribution in [2.24, 2.45) is 0 Å². The zero-order valence-corrected chi connectivity index (χ0v) is 20.4. The third-order valence-corrected chi connectivity index (χ3v) is 6.20. The molecule has 2 aromatic carbocycles. The molecule has 1 N–H and O–H groups in total. The number of ether oxygens (including phenoxy) is 2. The molecule has 1 saturated heterocycles. The molecule has 0 bridgehead atoms. The smallest absolute Gasteiger partial charge is 0.295 e. The van der Waals surface area contributed by atoms with Gasteiger partial charge in [0.1, 0.15) is 5.76 Å². The standard InChI is InChI=1S/C24H26Cl2N2O5/c1-27(2)10-5-11-28-21(14-6-8-16(25)17(26)12-14)20(23(30)24(28)31)22(29)15-7-9-18(32-3)19(13-15)33-4/h6-9,12-13,21,29H,5,10-11H2,1-4H3/b22-20+. The van der Waals surface area contributed by atoms with Crippen molar-refractivity contribution in [3.63, 3.8) is 0 Å². The fraction of sp³-hybridized carbons (Fsp3) is 0.333. The SMILES string of the molecule is COc1ccc(/C(O)=C2\C(=O)C(=O)N(CCCN(C)C)C2c2ccc(Cl)c(Cl)c2)cc1OC. The highest BCUT2D eigenvalue weighted by molar-refractivity contribution is 6.46. The molecule has 0 aromatic heterocycles. The number of nitrogens with zero attached hydrogens (tertiary/aromatic N) is 2. The van der Waals surface area contributed by atoms with E-state index in [2.05, 4.69) is 0 Å². The molecule has 0 spiro atoms. The van der Waals surface area contributed by atoms with E-state index in [1.807, 2.05) is 19.0 Å². The highest BCUT2D eigenvalue weighted by Crippen LogP contribution is 2.42. The van der Waals surface area contributed by atoms with E-state index in [9.17, 15) is 14.7 Å². The van der Waals surface area contributed by atoms with Gasteiger partial charge in [0.2, 0.25) is 0 Å². The minimum atomic E-state index is -0.810. The number of aliphatic hydroxyl groups is 1. The number of Topliss-reactive ketones (excluding diaryl/α,β-unsaturated/α-hetero) is 1. The average Bonchev–Trinajstić information content (AvgIpc) is 3.04. The van der Waals surface area contributed by atoms with E-state index < -0.39 is 17.7 Å². The van der Waals surface area contributed by atoms with Crippen molar-refractivity contribution >= 4 is 40.7 Å². The van der Waals surface area contributed by atoms with Gasteiger partial charge in [0, 0.05) is 12.1 Å². The lowest BCUT2D eigenvalue weighted by Crippen LogP contribution is -2.32. The summed E-state index contributed by atoms with van der Waals surface area (Å²) >= 11 is 12.3. The zero-order valence-electron chi connectivity index (χ0n) is 18.9. The monoisotopic (exact) mass is 492 g/mol. The number of likely N-dealkylation sites (tertiary alicyclic amines) is 1. The molecule has 1 atom stereocenters. The first-order valence-electron chi connectivity index (χ1n) is 10.3. The quantitative estimate of drug-likeness (QED) is 0.334. The lowest BCUT2D eigenvalue weighted by atomic mass is 9.95. The molecule has 1 heterocycles. The molecular weight excluding hydrogens is 467 g/mol. The molecule has 1 unspecified atom stereocenters. The molecule has 0 radical (unpaired) electrons. The van der Waals surface area contributed by atoms with E-state index in [1.54, 1.807) is 36.4 Å². The second-order valence-corrected chi connectivity index (χ2v) is 8.71. The van der Waals surface area contributed by atoms with E-state index in [1.165, 1.54) is 19.1 Å². The van der Waals surface area contributed by atoms with Crippen LogP contribution in [0.1, 0.15) is 23.6 Å². The maximum absolute atomic E-state index is 13.1. The molecule has 0 aliphatic carbocycles.